The summed E-state index contributed by atoms with van der Waals surface area (Å²) in [7, 11) is 1.53. The van der Waals surface area contributed by atoms with Crippen LogP contribution in [-0.2, 0) is 7.05 Å². The van der Waals surface area contributed by atoms with Gasteiger partial charge in [0.15, 0.2) is 0 Å². The van der Waals surface area contributed by atoms with Gasteiger partial charge in [0.1, 0.15) is 17.3 Å². The minimum Gasteiger partial charge on any atom is -0.287 e. The summed E-state index contributed by atoms with van der Waals surface area (Å²) in [6.07, 6.45) is 1.40. The van der Waals surface area contributed by atoms with Crippen LogP contribution in [0.4, 0.5) is 8.78 Å². The molecule has 18 heavy (non-hydrogen) atoms. The van der Waals surface area contributed by atoms with Gasteiger partial charge in [-0.3, -0.25) is 9.48 Å². The first kappa shape index (κ1) is 12.9. The predicted octanol–water partition coefficient (Wildman–Crippen LogP) is 3.00. The number of aromatic nitrogens is 2. The van der Waals surface area contributed by atoms with Crippen LogP contribution in [0, 0.1) is 18.6 Å². The summed E-state index contributed by atoms with van der Waals surface area (Å²) in [4.78, 5) is 12.2. The second-order valence-electron chi connectivity index (χ2n) is 3.85. The smallest absolute Gasteiger partial charge is 0.218 e. The predicted molar refractivity (Wildman–Crippen MR) is 65.4 cm³/mol. The summed E-state index contributed by atoms with van der Waals surface area (Å²) >= 11 is 3.13. The third-order valence-corrected chi connectivity index (χ3v) is 3.20. The number of halogens is 3. The van der Waals surface area contributed by atoms with Crippen LogP contribution in [0.5, 0.6) is 0 Å². The highest BCUT2D eigenvalue weighted by Crippen LogP contribution is 2.23. The number of carbonyl (C=O) groups is 1. The van der Waals surface area contributed by atoms with Crippen molar-refractivity contribution in [2.45, 2.75) is 6.92 Å². The van der Waals surface area contributed by atoms with E-state index in [-0.39, 0.29) is 11.3 Å². The van der Waals surface area contributed by atoms with Gasteiger partial charge in [-0.05, 0) is 34.5 Å². The van der Waals surface area contributed by atoms with Crippen molar-refractivity contribution in [3.8, 4) is 0 Å². The summed E-state index contributed by atoms with van der Waals surface area (Å²) in [5.41, 5.74) is -0.226. The Balaban J connectivity index is 2.64. The molecule has 1 aromatic heterocycles. The molecule has 0 spiro atoms. The Kier molecular flexibility index (Phi) is 3.30. The lowest BCUT2D eigenvalue weighted by Gasteiger charge is -2.07. The van der Waals surface area contributed by atoms with E-state index < -0.39 is 23.0 Å². The van der Waals surface area contributed by atoms with E-state index in [1.54, 1.807) is 0 Å². The van der Waals surface area contributed by atoms with Crippen molar-refractivity contribution < 1.29 is 13.6 Å². The van der Waals surface area contributed by atoms with E-state index in [9.17, 15) is 13.6 Å². The van der Waals surface area contributed by atoms with E-state index >= 15 is 0 Å². The summed E-state index contributed by atoms with van der Waals surface area (Å²) in [5.74, 6) is -2.45. The number of nitrogens with zero attached hydrogens (tertiary/aromatic N) is 2. The summed E-state index contributed by atoms with van der Waals surface area (Å²) in [6, 6.07) is 2.37. The number of aryl methyl sites for hydroxylation is 2. The molecule has 0 saturated heterocycles. The Hall–Kier alpha value is -1.56. The van der Waals surface area contributed by atoms with Crippen LogP contribution in [0.1, 0.15) is 21.6 Å². The highest BCUT2D eigenvalue weighted by molar-refractivity contribution is 9.10. The van der Waals surface area contributed by atoms with Gasteiger partial charge in [0.2, 0.25) is 5.78 Å². The van der Waals surface area contributed by atoms with E-state index in [0.717, 1.165) is 6.07 Å². The first-order chi connectivity index (χ1) is 8.43. The third kappa shape index (κ3) is 1.96. The molecule has 0 aliphatic heterocycles. The van der Waals surface area contributed by atoms with Crippen molar-refractivity contribution in [3.63, 3.8) is 0 Å². The van der Waals surface area contributed by atoms with Gasteiger partial charge < -0.3 is 0 Å². The molecular weight excluding hydrogens is 306 g/mol. The van der Waals surface area contributed by atoms with Crippen molar-refractivity contribution >= 4 is 21.7 Å². The van der Waals surface area contributed by atoms with Gasteiger partial charge >= 0.3 is 0 Å². The number of hydrogen-bond acceptors (Lipinski definition) is 2. The first-order valence-electron chi connectivity index (χ1n) is 5.10. The monoisotopic (exact) mass is 314 g/mol. The van der Waals surface area contributed by atoms with Gasteiger partial charge in [-0.25, -0.2) is 8.78 Å². The molecule has 0 saturated carbocycles. The first-order valence-corrected chi connectivity index (χ1v) is 5.89. The van der Waals surface area contributed by atoms with E-state index in [0.29, 0.717) is 4.47 Å². The van der Waals surface area contributed by atoms with Crippen LogP contribution in [-0.4, -0.2) is 15.6 Å². The molecule has 94 valence electrons. The number of rotatable bonds is 2. The highest BCUT2D eigenvalue weighted by Gasteiger charge is 2.24. The van der Waals surface area contributed by atoms with Crippen LogP contribution in [0.25, 0.3) is 0 Å². The van der Waals surface area contributed by atoms with Crippen LogP contribution in [0.15, 0.2) is 22.8 Å². The zero-order chi connectivity index (χ0) is 13.4. The zero-order valence-electron chi connectivity index (χ0n) is 9.67. The lowest BCUT2D eigenvalue weighted by atomic mass is 10.0. The second-order valence-corrected chi connectivity index (χ2v) is 4.70. The van der Waals surface area contributed by atoms with Crippen LogP contribution in [0.3, 0.4) is 0 Å². The Morgan fingerprint density at radius 2 is 2.06 bits per heavy atom. The summed E-state index contributed by atoms with van der Waals surface area (Å²) < 4.78 is 29.2. The van der Waals surface area contributed by atoms with Gasteiger partial charge in [-0.15, -0.1) is 0 Å². The Bertz CT molecular complexity index is 618. The van der Waals surface area contributed by atoms with Gasteiger partial charge in [-0.1, -0.05) is 6.07 Å². The molecule has 0 unspecified atom stereocenters. The highest BCUT2D eigenvalue weighted by atomic mass is 79.9. The molecule has 2 rings (SSSR count). The molecule has 2 aromatic rings. The van der Waals surface area contributed by atoms with Crippen molar-refractivity contribution in [1.29, 1.82) is 0 Å². The van der Waals surface area contributed by atoms with E-state index in [4.69, 9.17) is 0 Å². The molecule has 1 aromatic carbocycles. The molecule has 1 heterocycles. The standard InChI is InChI=1S/C12H9BrF2N2O/c1-6-3-4-8(14)9(10(6)15)12(18)11-7(13)5-16-17(11)2/h3-5H,1-2H3. The van der Waals surface area contributed by atoms with Crippen molar-refractivity contribution in [2.75, 3.05) is 0 Å². The molecule has 0 aliphatic rings. The quantitative estimate of drug-likeness (QED) is 0.799. The minimum atomic E-state index is -0.879. The Morgan fingerprint density at radius 1 is 1.39 bits per heavy atom. The number of hydrogen-bond donors (Lipinski definition) is 0. The molecule has 0 amide bonds. The van der Waals surface area contributed by atoms with Crippen molar-refractivity contribution in [3.05, 3.63) is 51.3 Å². The molecule has 0 radical (unpaired) electrons. The lowest BCUT2D eigenvalue weighted by Crippen LogP contribution is -2.13. The van der Waals surface area contributed by atoms with E-state index in [2.05, 4.69) is 21.0 Å². The normalized spacial score (nSPS) is 10.7. The average molecular weight is 315 g/mol. The molecular formula is C12H9BrF2N2O. The van der Waals surface area contributed by atoms with Crippen LogP contribution in [0.2, 0.25) is 0 Å². The second kappa shape index (κ2) is 4.61. The average Bonchev–Trinajstić information content (AvgIpc) is 2.64. The number of carbonyl (C=O) groups excluding carboxylic acids is 1. The van der Waals surface area contributed by atoms with Crippen molar-refractivity contribution in [2.24, 2.45) is 7.05 Å². The van der Waals surface area contributed by atoms with Gasteiger partial charge in [0.25, 0.3) is 0 Å². The molecule has 0 aliphatic carbocycles. The fourth-order valence-electron chi connectivity index (χ4n) is 1.65. The van der Waals surface area contributed by atoms with Crippen LogP contribution < -0.4 is 0 Å². The van der Waals surface area contributed by atoms with Crippen molar-refractivity contribution in [1.82, 2.24) is 9.78 Å². The SMILES string of the molecule is Cc1ccc(F)c(C(=O)c2c(Br)cnn2C)c1F. The molecule has 0 atom stereocenters. The van der Waals surface area contributed by atoms with E-state index in [1.165, 1.54) is 30.9 Å². The van der Waals surface area contributed by atoms with Crippen LogP contribution >= 0.6 is 15.9 Å². The molecule has 6 heteroatoms. The summed E-state index contributed by atoms with van der Waals surface area (Å²) in [6.45, 7) is 1.48. The fraction of sp³-hybridized carbons (Fsp3) is 0.167. The lowest BCUT2D eigenvalue weighted by molar-refractivity contribution is 0.102. The molecule has 3 nitrogen and oxygen atoms in total. The largest absolute Gasteiger partial charge is 0.287 e. The molecule has 0 fully saturated rings. The topological polar surface area (TPSA) is 34.9 Å². The molecule has 0 bridgehead atoms. The number of benzene rings is 1. The Labute approximate surface area is 111 Å². The zero-order valence-corrected chi connectivity index (χ0v) is 11.3. The minimum absolute atomic E-state index is 0.110. The maximum atomic E-state index is 13.9. The Morgan fingerprint density at radius 3 is 2.61 bits per heavy atom. The van der Waals surface area contributed by atoms with Gasteiger partial charge in [0.05, 0.1) is 16.2 Å². The fourth-order valence-corrected chi connectivity index (χ4v) is 2.18. The number of ketones is 1. The molecule has 0 N–H and O–H groups in total. The van der Waals surface area contributed by atoms with Gasteiger partial charge in [0, 0.05) is 7.05 Å². The van der Waals surface area contributed by atoms with E-state index in [1.807, 2.05) is 0 Å². The maximum absolute atomic E-state index is 13.9. The third-order valence-electron chi connectivity index (χ3n) is 2.62. The summed E-state index contributed by atoms with van der Waals surface area (Å²) in [5, 5.41) is 3.85. The van der Waals surface area contributed by atoms with Gasteiger partial charge in [-0.2, -0.15) is 5.10 Å². The maximum Gasteiger partial charge on any atom is 0.218 e.